The van der Waals surface area contributed by atoms with Crippen molar-refractivity contribution in [2.75, 3.05) is 0 Å². The molecule has 0 spiro atoms. The van der Waals surface area contributed by atoms with E-state index in [4.69, 9.17) is 4.74 Å². The molecule has 2 rings (SSSR count). The van der Waals surface area contributed by atoms with Crippen molar-refractivity contribution in [3.05, 3.63) is 0 Å². The maximum atomic E-state index is 6.10. The lowest BCUT2D eigenvalue weighted by atomic mass is 9.93. The standard InChI is InChI=1S/C13H25NO/c1-12(2)9-11(13(3,4)15-12)14-10-7-5-6-8-10/h10-11,14H,5-9H2,1-4H3/t11-/m0/s1. The van der Waals surface area contributed by atoms with Crippen LogP contribution in [0.5, 0.6) is 0 Å². The van der Waals surface area contributed by atoms with Gasteiger partial charge in [-0.15, -0.1) is 0 Å². The van der Waals surface area contributed by atoms with E-state index in [1.54, 1.807) is 0 Å². The fourth-order valence-electron chi connectivity index (χ4n) is 3.20. The first-order chi connectivity index (χ1) is 6.89. The minimum absolute atomic E-state index is 0.00785. The molecule has 2 nitrogen and oxygen atoms in total. The summed E-state index contributed by atoms with van der Waals surface area (Å²) in [6.45, 7) is 8.83. The van der Waals surface area contributed by atoms with Gasteiger partial charge >= 0.3 is 0 Å². The molecule has 0 bridgehead atoms. The minimum Gasteiger partial charge on any atom is -0.368 e. The van der Waals surface area contributed by atoms with Crippen molar-refractivity contribution < 1.29 is 4.74 Å². The molecule has 1 atom stereocenters. The van der Waals surface area contributed by atoms with Crippen LogP contribution in [0.25, 0.3) is 0 Å². The van der Waals surface area contributed by atoms with Gasteiger partial charge in [-0.2, -0.15) is 0 Å². The molecule has 0 aromatic rings. The smallest absolute Gasteiger partial charge is 0.0787 e. The van der Waals surface area contributed by atoms with Crippen LogP contribution < -0.4 is 5.32 Å². The first-order valence-corrected chi connectivity index (χ1v) is 6.35. The Morgan fingerprint density at radius 3 is 2.13 bits per heavy atom. The third-order valence-electron chi connectivity index (χ3n) is 3.87. The average Bonchev–Trinajstić information content (AvgIpc) is 2.58. The second-order valence-corrected chi connectivity index (χ2v) is 6.37. The molecule has 1 saturated carbocycles. The maximum Gasteiger partial charge on any atom is 0.0787 e. The molecule has 2 aliphatic rings. The van der Waals surface area contributed by atoms with Gasteiger partial charge in [-0.05, 0) is 47.0 Å². The first-order valence-electron chi connectivity index (χ1n) is 6.35. The van der Waals surface area contributed by atoms with Gasteiger partial charge in [0.05, 0.1) is 11.2 Å². The molecule has 2 fully saturated rings. The summed E-state index contributed by atoms with van der Waals surface area (Å²) in [7, 11) is 0. The van der Waals surface area contributed by atoms with Gasteiger partial charge in [0, 0.05) is 12.1 Å². The van der Waals surface area contributed by atoms with E-state index in [0.29, 0.717) is 6.04 Å². The number of hydrogen-bond acceptors (Lipinski definition) is 2. The van der Waals surface area contributed by atoms with Gasteiger partial charge in [-0.25, -0.2) is 0 Å². The van der Waals surface area contributed by atoms with E-state index in [9.17, 15) is 0 Å². The summed E-state index contributed by atoms with van der Waals surface area (Å²) in [5.41, 5.74) is 0.0336. The lowest BCUT2D eigenvalue weighted by Crippen LogP contribution is -2.47. The number of rotatable bonds is 2. The van der Waals surface area contributed by atoms with Crippen molar-refractivity contribution >= 4 is 0 Å². The summed E-state index contributed by atoms with van der Waals surface area (Å²) in [6.07, 6.45) is 6.64. The normalized spacial score (nSPS) is 34.8. The molecule has 2 heteroatoms. The molecule has 15 heavy (non-hydrogen) atoms. The predicted molar refractivity (Wildman–Crippen MR) is 63.0 cm³/mol. The first kappa shape index (κ1) is 11.4. The fourth-order valence-corrected chi connectivity index (χ4v) is 3.20. The zero-order valence-corrected chi connectivity index (χ0v) is 10.6. The Morgan fingerprint density at radius 1 is 1.07 bits per heavy atom. The Morgan fingerprint density at radius 2 is 1.67 bits per heavy atom. The molecule has 0 aromatic heterocycles. The van der Waals surface area contributed by atoms with Crippen LogP contribution in [0.2, 0.25) is 0 Å². The maximum absolute atomic E-state index is 6.10. The zero-order chi connectivity index (χ0) is 11.1. The topological polar surface area (TPSA) is 21.3 Å². The highest BCUT2D eigenvalue weighted by Gasteiger charge is 2.46. The highest BCUT2D eigenvalue weighted by molar-refractivity contribution is 5.00. The monoisotopic (exact) mass is 211 g/mol. The molecule has 88 valence electrons. The van der Waals surface area contributed by atoms with Crippen LogP contribution in [-0.2, 0) is 4.74 Å². The lowest BCUT2D eigenvalue weighted by Gasteiger charge is -2.29. The number of nitrogens with one attached hydrogen (secondary N) is 1. The molecule has 0 amide bonds. The summed E-state index contributed by atoms with van der Waals surface area (Å²) in [5.74, 6) is 0. The van der Waals surface area contributed by atoms with Gasteiger partial charge < -0.3 is 10.1 Å². The van der Waals surface area contributed by atoms with Crippen molar-refractivity contribution in [3.63, 3.8) is 0 Å². The van der Waals surface area contributed by atoms with Crippen molar-refractivity contribution in [1.29, 1.82) is 0 Å². The Hall–Kier alpha value is -0.0800. The molecule has 1 heterocycles. The van der Waals surface area contributed by atoms with Crippen LogP contribution in [0.15, 0.2) is 0 Å². The molecule has 1 aliphatic carbocycles. The third-order valence-corrected chi connectivity index (χ3v) is 3.87. The summed E-state index contributed by atoms with van der Waals surface area (Å²) in [5, 5.41) is 3.80. The van der Waals surface area contributed by atoms with Crippen molar-refractivity contribution in [2.24, 2.45) is 0 Å². The second kappa shape index (κ2) is 3.74. The second-order valence-electron chi connectivity index (χ2n) is 6.37. The molecular formula is C13H25NO. The van der Waals surface area contributed by atoms with E-state index < -0.39 is 0 Å². The van der Waals surface area contributed by atoms with Crippen LogP contribution in [0.1, 0.15) is 59.8 Å². The van der Waals surface area contributed by atoms with Crippen molar-refractivity contribution in [1.82, 2.24) is 5.32 Å². The molecule has 1 aliphatic heterocycles. The third kappa shape index (κ3) is 2.54. The summed E-state index contributed by atoms with van der Waals surface area (Å²) in [6, 6.07) is 1.27. The average molecular weight is 211 g/mol. The molecule has 1 N–H and O–H groups in total. The van der Waals surface area contributed by atoms with Crippen LogP contribution in [0.4, 0.5) is 0 Å². The molecule has 0 radical (unpaired) electrons. The van der Waals surface area contributed by atoms with Gasteiger partial charge in [-0.3, -0.25) is 0 Å². The van der Waals surface area contributed by atoms with Gasteiger partial charge in [-0.1, -0.05) is 12.8 Å². The Bertz CT molecular complexity index is 229. The fraction of sp³-hybridized carbons (Fsp3) is 1.00. The largest absolute Gasteiger partial charge is 0.368 e. The van der Waals surface area contributed by atoms with Crippen LogP contribution in [-0.4, -0.2) is 23.3 Å². The van der Waals surface area contributed by atoms with E-state index >= 15 is 0 Å². The lowest BCUT2D eigenvalue weighted by molar-refractivity contribution is -0.0704. The van der Waals surface area contributed by atoms with E-state index in [1.165, 1.54) is 25.7 Å². The van der Waals surface area contributed by atoms with Gasteiger partial charge in [0.2, 0.25) is 0 Å². The Labute approximate surface area is 93.8 Å². The predicted octanol–water partition coefficient (Wildman–Crippen LogP) is 2.86. The summed E-state index contributed by atoms with van der Waals surface area (Å²) in [4.78, 5) is 0. The van der Waals surface area contributed by atoms with E-state index in [0.717, 1.165) is 12.5 Å². The zero-order valence-electron chi connectivity index (χ0n) is 10.6. The van der Waals surface area contributed by atoms with Crippen LogP contribution >= 0.6 is 0 Å². The number of hydrogen-bond donors (Lipinski definition) is 1. The van der Waals surface area contributed by atoms with Crippen molar-refractivity contribution in [2.45, 2.75) is 83.1 Å². The summed E-state index contributed by atoms with van der Waals surface area (Å²) < 4.78 is 6.10. The molecule has 0 aromatic carbocycles. The number of ether oxygens (including phenoxy) is 1. The highest BCUT2D eigenvalue weighted by atomic mass is 16.5. The van der Waals surface area contributed by atoms with E-state index in [-0.39, 0.29) is 11.2 Å². The summed E-state index contributed by atoms with van der Waals surface area (Å²) >= 11 is 0. The minimum atomic E-state index is -0.00785. The highest BCUT2D eigenvalue weighted by Crippen LogP contribution is 2.38. The van der Waals surface area contributed by atoms with E-state index in [2.05, 4.69) is 33.0 Å². The quantitative estimate of drug-likeness (QED) is 0.758. The van der Waals surface area contributed by atoms with E-state index in [1.807, 2.05) is 0 Å². The van der Waals surface area contributed by atoms with Crippen LogP contribution in [0, 0.1) is 0 Å². The van der Waals surface area contributed by atoms with Crippen LogP contribution in [0.3, 0.4) is 0 Å². The molecule has 0 unspecified atom stereocenters. The molecular weight excluding hydrogens is 186 g/mol. The Balaban J connectivity index is 1.96. The Kier molecular flexibility index (Phi) is 2.85. The van der Waals surface area contributed by atoms with Crippen molar-refractivity contribution in [3.8, 4) is 0 Å². The van der Waals surface area contributed by atoms with Gasteiger partial charge in [0.1, 0.15) is 0 Å². The van der Waals surface area contributed by atoms with Gasteiger partial charge in [0.15, 0.2) is 0 Å². The molecule has 1 saturated heterocycles. The SMILES string of the molecule is CC1(C)C[C@H](NC2CCCC2)C(C)(C)O1. The van der Waals surface area contributed by atoms with Gasteiger partial charge in [0.25, 0.3) is 0 Å².